The van der Waals surface area contributed by atoms with Gasteiger partial charge in [0.2, 0.25) is 6.79 Å². The average Bonchev–Trinajstić information content (AvgIpc) is 3.18. The summed E-state index contributed by atoms with van der Waals surface area (Å²) in [6.45, 7) is 10.2. The van der Waals surface area contributed by atoms with Gasteiger partial charge in [-0.2, -0.15) is 0 Å². The van der Waals surface area contributed by atoms with Crippen molar-refractivity contribution in [1.82, 2.24) is 9.80 Å². The second-order valence-corrected chi connectivity index (χ2v) is 7.98. The van der Waals surface area contributed by atoms with Crippen LogP contribution in [0.4, 0.5) is 0 Å². The fourth-order valence-electron chi connectivity index (χ4n) is 3.77. The zero-order valence-corrected chi connectivity index (χ0v) is 18.4. The van der Waals surface area contributed by atoms with E-state index >= 15 is 0 Å². The van der Waals surface area contributed by atoms with Crippen molar-refractivity contribution in [3.05, 3.63) is 53.1 Å². The lowest BCUT2D eigenvalue weighted by Gasteiger charge is -2.35. The highest BCUT2D eigenvalue weighted by Gasteiger charge is 2.21. The summed E-state index contributed by atoms with van der Waals surface area (Å²) in [5.41, 5.74) is 3.69. The van der Waals surface area contributed by atoms with Crippen LogP contribution < -0.4 is 26.6 Å². The number of β-amino-alcohol motifs (C(OH)–C–C–N with tert-alkyl or cyclic N) is 1. The van der Waals surface area contributed by atoms with E-state index in [0.717, 1.165) is 50.0 Å². The standard InChI is InChI=1S/C23H30N2O4.ClH/c1-17-3-5-21(11-18(17)2)27-15-20(26)14-25-9-7-24(8-10-25)13-19-4-6-22-23(12-19)29-16-28-22;/h3-6,11-12,20,26H,7-10,13-16H2,1-2H3;1H/p-1. The Balaban J connectivity index is 0.00000256. The van der Waals surface area contributed by atoms with Gasteiger partial charge in [-0.25, -0.2) is 0 Å². The molecule has 6 nitrogen and oxygen atoms in total. The quantitative estimate of drug-likeness (QED) is 0.641. The number of benzene rings is 2. The molecule has 164 valence electrons. The molecular weight excluding hydrogens is 404 g/mol. The monoisotopic (exact) mass is 433 g/mol. The Bertz CT molecular complexity index is 840. The lowest BCUT2D eigenvalue weighted by atomic mass is 10.1. The largest absolute Gasteiger partial charge is 1.00 e. The molecule has 7 heteroatoms. The Hall–Kier alpha value is -1.99. The van der Waals surface area contributed by atoms with Crippen LogP contribution in [0.25, 0.3) is 0 Å². The number of fused-ring (bicyclic) bond motifs is 1. The molecule has 2 aromatic carbocycles. The van der Waals surface area contributed by atoms with Crippen LogP contribution >= 0.6 is 0 Å². The highest BCUT2D eigenvalue weighted by molar-refractivity contribution is 5.44. The number of nitrogens with zero attached hydrogens (tertiary/aromatic N) is 2. The first kappa shape index (κ1) is 22.7. The third-order valence-corrected chi connectivity index (χ3v) is 5.70. The summed E-state index contributed by atoms with van der Waals surface area (Å²) in [5, 5.41) is 10.4. The molecule has 2 aliphatic rings. The molecule has 0 aliphatic carbocycles. The van der Waals surface area contributed by atoms with Crippen molar-refractivity contribution in [2.45, 2.75) is 26.5 Å². The molecule has 4 rings (SSSR count). The van der Waals surface area contributed by atoms with E-state index in [4.69, 9.17) is 14.2 Å². The second-order valence-electron chi connectivity index (χ2n) is 7.98. The molecule has 0 saturated carbocycles. The van der Waals surface area contributed by atoms with Gasteiger partial charge in [-0.15, -0.1) is 0 Å². The maximum absolute atomic E-state index is 10.4. The van der Waals surface area contributed by atoms with Gasteiger partial charge in [-0.1, -0.05) is 12.1 Å². The summed E-state index contributed by atoms with van der Waals surface area (Å²) in [5.74, 6) is 2.49. The van der Waals surface area contributed by atoms with E-state index in [2.05, 4.69) is 41.8 Å². The minimum Gasteiger partial charge on any atom is -1.00 e. The summed E-state index contributed by atoms with van der Waals surface area (Å²) < 4.78 is 16.6. The van der Waals surface area contributed by atoms with Gasteiger partial charge in [0.15, 0.2) is 11.5 Å². The lowest BCUT2D eigenvalue weighted by Crippen LogP contribution is -3.00. The maximum atomic E-state index is 10.4. The Morgan fingerprint density at radius 3 is 2.43 bits per heavy atom. The van der Waals surface area contributed by atoms with Crippen molar-refractivity contribution in [1.29, 1.82) is 0 Å². The zero-order chi connectivity index (χ0) is 20.2. The summed E-state index contributed by atoms with van der Waals surface area (Å²) in [6, 6.07) is 12.2. The second kappa shape index (κ2) is 10.4. The molecule has 1 unspecified atom stereocenters. The average molecular weight is 434 g/mol. The number of hydrogen-bond donors (Lipinski definition) is 1. The molecule has 0 radical (unpaired) electrons. The van der Waals surface area contributed by atoms with Crippen LogP contribution in [0.5, 0.6) is 17.2 Å². The predicted molar refractivity (Wildman–Crippen MR) is 112 cm³/mol. The van der Waals surface area contributed by atoms with E-state index in [9.17, 15) is 5.11 Å². The molecule has 1 fully saturated rings. The Kier molecular flexibility index (Phi) is 7.83. The van der Waals surface area contributed by atoms with Gasteiger partial charge in [0.1, 0.15) is 18.5 Å². The lowest BCUT2D eigenvalue weighted by molar-refractivity contribution is -0.0000100. The van der Waals surface area contributed by atoms with Crippen LogP contribution in [0.3, 0.4) is 0 Å². The van der Waals surface area contributed by atoms with Crippen LogP contribution in [0.1, 0.15) is 16.7 Å². The van der Waals surface area contributed by atoms with Gasteiger partial charge in [0, 0.05) is 39.3 Å². The molecule has 2 aliphatic heterocycles. The minimum absolute atomic E-state index is 0. The topological polar surface area (TPSA) is 54.4 Å². The fourth-order valence-corrected chi connectivity index (χ4v) is 3.77. The van der Waals surface area contributed by atoms with E-state index in [0.29, 0.717) is 19.9 Å². The van der Waals surface area contributed by atoms with Crippen molar-refractivity contribution in [2.75, 3.05) is 46.1 Å². The number of piperazine rings is 1. The van der Waals surface area contributed by atoms with Crippen molar-refractivity contribution in [3.63, 3.8) is 0 Å². The number of ether oxygens (including phenoxy) is 3. The molecule has 0 bridgehead atoms. The van der Waals surface area contributed by atoms with Gasteiger partial charge in [0.25, 0.3) is 0 Å². The van der Waals surface area contributed by atoms with E-state index in [1.165, 1.54) is 16.7 Å². The normalized spacial score (nSPS) is 17.4. The molecule has 0 spiro atoms. The smallest absolute Gasteiger partial charge is 0.231 e. The SMILES string of the molecule is Cc1ccc(OCC(O)CN2CCN(Cc3ccc4c(c3)OCO4)CC2)cc1C.[Cl-]. The number of rotatable bonds is 7. The summed E-state index contributed by atoms with van der Waals surface area (Å²) in [7, 11) is 0. The van der Waals surface area contributed by atoms with Crippen molar-refractivity contribution in [3.8, 4) is 17.2 Å². The summed E-state index contributed by atoms with van der Waals surface area (Å²) >= 11 is 0. The Morgan fingerprint density at radius 1 is 0.933 bits per heavy atom. The molecule has 30 heavy (non-hydrogen) atoms. The molecule has 1 N–H and O–H groups in total. The van der Waals surface area contributed by atoms with E-state index in [1.54, 1.807) is 0 Å². The minimum atomic E-state index is -0.489. The van der Waals surface area contributed by atoms with Crippen LogP contribution in [0, 0.1) is 13.8 Å². The Morgan fingerprint density at radius 2 is 1.67 bits per heavy atom. The highest BCUT2D eigenvalue weighted by Crippen LogP contribution is 2.32. The van der Waals surface area contributed by atoms with E-state index in [-0.39, 0.29) is 12.4 Å². The first-order valence-electron chi connectivity index (χ1n) is 10.3. The zero-order valence-electron chi connectivity index (χ0n) is 17.6. The van der Waals surface area contributed by atoms with Crippen LogP contribution in [-0.4, -0.2) is 67.1 Å². The highest BCUT2D eigenvalue weighted by atomic mass is 35.5. The van der Waals surface area contributed by atoms with Gasteiger partial charge in [-0.3, -0.25) is 9.80 Å². The number of hydrogen-bond acceptors (Lipinski definition) is 6. The Labute approximate surface area is 184 Å². The first-order chi connectivity index (χ1) is 14.1. The van der Waals surface area contributed by atoms with Gasteiger partial charge >= 0.3 is 0 Å². The van der Waals surface area contributed by atoms with Crippen molar-refractivity contribution >= 4 is 0 Å². The van der Waals surface area contributed by atoms with Crippen molar-refractivity contribution < 1.29 is 31.7 Å². The molecular formula is C23H30ClN2O4-. The third kappa shape index (κ3) is 5.79. The molecule has 0 aromatic heterocycles. The molecule has 2 aromatic rings. The first-order valence-corrected chi connectivity index (χ1v) is 10.3. The van der Waals surface area contributed by atoms with E-state index < -0.39 is 6.10 Å². The van der Waals surface area contributed by atoms with Gasteiger partial charge in [0.05, 0.1) is 0 Å². The van der Waals surface area contributed by atoms with Gasteiger partial charge in [-0.05, 0) is 54.8 Å². The van der Waals surface area contributed by atoms with Crippen molar-refractivity contribution in [2.24, 2.45) is 0 Å². The fraction of sp³-hybridized carbons (Fsp3) is 0.478. The third-order valence-electron chi connectivity index (χ3n) is 5.70. The summed E-state index contributed by atoms with van der Waals surface area (Å²) in [6.07, 6.45) is -0.489. The number of aliphatic hydroxyl groups is 1. The van der Waals surface area contributed by atoms with Crippen LogP contribution in [0.15, 0.2) is 36.4 Å². The number of aliphatic hydroxyl groups excluding tert-OH is 1. The van der Waals surface area contributed by atoms with Crippen LogP contribution in [-0.2, 0) is 6.54 Å². The molecule has 1 atom stereocenters. The van der Waals surface area contributed by atoms with Crippen LogP contribution in [0.2, 0.25) is 0 Å². The molecule has 2 heterocycles. The maximum Gasteiger partial charge on any atom is 0.231 e. The van der Waals surface area contributed by atoms with E-state index in [1.807, 2.05) is 18.2 Å². The summed E-state index contributed by atoms with van der Waals surface area (Å²) in [4.78, 5) is 4.75. The molecule has 1 saturated heterocycles. The predicted octanol–water partition coefficient (Wildman–Crippen LogP) is -0.406. The number of halogens is 1. The molecule has 0 amide bonds. The number of aryl methyl sites for hydroxylation is 2. The van der Waals surface area contributed by atoms with Gasteiger partial charge < -0.3 is 31.7 Å².